The Bertz CT molecular complexity index is 1000. The predicted molar refractivity (Wildman–Crippen MR) is 76.6 cm³/mol. The highest BCUT2D eigenvalue weighted by Crippen LogP contribution is 2.22. The summed E-state index contributed by atoms with van der Waals surface area (Å²) in [5.41, 5.74) is -0.671. The van der Waals surface area contributed by atoms with E-state index in [1.54, 1.807) is 12.1 Å². The summed E-state index contributed by atoms with van der Waals surface area (Å²) in [6.07, 6.45) is 2.83. The Labute approximate surface area is 136 Å². The van der Waals surface area contributed by atoms with Gasteiger partial charge < -0.3 is 0 Å². The van der Waals surface area contributed by atoms with Crippen molar-refractivity contribution in [2.24, 2.45) is 0 Å². The third-order valence-electron chi connectivity index (χ3n) is 3.13. The molecule has 24 heavy (non-hydrogen) atoms. The van der Waals surface area contributed by atoms with Crippen molar-refractivity contribution in [2.75, 3.05) is 0 Å². The fraction of sp³-hybridized carbons (Fsp3) is 0. The van der Waals surface area contributed by atoms with Crippen molar-refractivity contribution >= 4 is 18.1 Å². The van der Waals surface area contributed by atoms with Gasteiger partial charge in [0.2, 0.25) is 4.77 Å². The number of carbonyl (C=O) groups is 1. The minimum atomic E-state index is -2.09. The number of rotatable bonds is 2. The Morgan fingerprint density at radius 1 is 1.17 bits per heavy atom. The van der Waals surface area contributed by atoms with Crippen LogP contribution in [0.2, 0.25) is 0 Å². The van der Waals surface area contributed by atoms with Gasteiger partial charge >= 0.3 is 0 Å². The molecule has 0 unspecified atom stereocenters. The molecule has 10 heteroatoms. The fourth-order valence-corrected chi connectivity index (χ4v) is 2.24. The fourth-order valence-electron chi connectivity index (χ4n) is 2.02. The van der Waals surface area contributed by atoms with Crippen molar-refractivity contribution in [3.05, 3.63) is 64.2 Å². The minimum absolute atomic E-state index is 0.0392. The summed E-state index contributed by atoms with van der Waals surface area (Å²) < 4.78 is 54.1. The average Bonchev–Trinajstić information content (AvgIpc) is 2.98. The number of aromatic nitrogens is 4. The smallest absolute Gasteiger partial charge is 0.268 e. The number of nitrogens with zero attached hydrogens (tertiary/aromatic N) is 3. The van der Waals surface area contributed by atoms with Gasteiger partial charge in [-0.1, -0.05) is 0 Å². The van der Waals surface area contributed by atoms with E-state index in [0.29, 0.717) is 5.56 Å². The Balaban J connectivity index is 2.20. The zero-order chi connectivity index (χ0) is 17.4. The number of pyridine rings is 1. The van der Waals surface area contributed by atoms with Crippen molar-refractivity contribution in [2.45, 2.75) is 0 Å². The number of benzene rings is 1. The van der Waals surface area contributed by atoms with E-state index < -0.39 is 34.7 Å². The van der Waals surface area contributed by atoms with Crippen LogP contribution < -0.4 is 0 Å². The molecule has 0 aliphatic rings. The van der Waals surface area contributed by atoms with Crippen LogP contribution in [0.15, 0.2) is 30.6 Å². The van der Waals surface area contributed by atoms with E-state index in [9.17, 15) is 22.4 Å². The molecule has 0 aliphatic heterocycles. The highest BCUT2D eigenvalue weighted by atomic mass is 32.1. The number of halogens is 4. The van der Waals surface area contributed by atoms with Crippen LogP contribution in [0.4, 0.5) is 17.6 Å². The Kier molecular flexibility index (Phi) is 3.97. The molecule has 0 spiro atoms. The molecule has 1 aromatic carbocycles. The first kappa shape index (κ1) is 16.0. The second kappa shape index (κ2) is 5.96. The lowest BCUT2D eigenvalue weighted by molar-refractivity contribution is 0.0954. The zero-order valence-corrected chi connectivity index (χ0v) is 12.4. The molecule has 0 fully saturated rings. The average molecular weight is 354 g/mol. The molecule has 1 N–H and O–H groups in total. The van der Waals surface area contributed by atoms with Gasteiger partial charge in [0.05, 0.1) is 5.56 Å². The lowest BCUT2D eigenvalue weighted by atomic mass is 10.1. The van der Waals surface area contributed by atoms with E-state index in [2.05, 4.69) is 15.2 Å². The van der Waals surface area contributed by atoms with Crippen molar-refractivity contribution in [3.8, 4) is 11.4 Å². The molecule has 3 rings (SSSR count). The third kappa shape index (κ3) is 2.50. The number of carbonyl (C=O) groups excluding carboxylic acids is 1. The zero-order valence-electron chi connectivity index (χ0n) is 11.6. The number of hydrogen-bond donors (Lipinski definition) is 1. The molecule has 0 atom stereocenters. The lowest BCUT2D eigenvalue weighted by Gasteiger charge is -2.08. The van der Waals surface area contributed by atoms with Crippen LogP contribution in [0.5, 0.6) is 0 Å². The molecule has 2 heterocycles. The quantitative estimate of drug-likeness (QED) is 0.332. The Morgan fingerprint density at radius 3 is 2.58 bits per heavy atom. The van der Waals surface area contributed by atoms with Crippen LogP contribution in [-0.2, 0) is 0 Å². The summed E-state index contributed by atoms with van der Waals surface area (Å²) in [7, 11) is 0. The van der Waals surface area contributed by atoms with E-state index in [-0.39, 0.29) is 16.7 Å². The highest BCUT2D eigenvalue weighted by molar-refractivity contribution is 7.71. The summed E-state index contributed by atoms with van der Waals surface area (Å²) in [5, 5.41) is 6.16. The molecular weight excluding hydrogens is 348 g/mol. The van der Waals surface area contributed by atoms with Crippen molar-refractivity contribution in [3.63, 3.8) is 0 Å². The molecule has 3 aromatic rings. The highest BCUT2D eigenvalue weighted by Gasteiger charge is 2.26. The van der Waals surface area contributed by atoms with Crippen LogP contribution >= 0.6 is 12.2 Å². The number of hydrogen-bond acceptors (Lipinski definition) is 4. The molecule has 5 nitrogen and oxygen atoms in total. The molecule has 122 valence electrons. The van der Waals surface area contributed by atoms with Gasteiger partial charge in [-0.05, 0) is 30.4 Å². The first-order chi connectivity index (χ1) is 11.4. The largest absolute Gasteiger partial charge is 0.269 e. The molecule has 0 radical (unpaired) electrons. The summed E-state index contributed by atoms with van der Waals surface area (Å²) in [6.45, 7) is 0. The first-order valence-electron chi connectivity index (χ1n) is 6.37. The summed E-state index contributed by atoms with van der Waals surface area (Å²) in [6, 6.07) is 3.36. The maximum absolute atomic E-state index is 13.9. The monoisotopic (exact) mass is 354 g/mol. The van der Waals surface area contributed by atoms with Crippen LogP contribution in [0.1, 0.15) is 10.4 Å². The van der Waals surface area contributed by atoms with E-state index in [1.807, 2.05) is 0 Å². The van der Waals surface area contributed by atoms with Gasteiger partial charge in [0.15, 0.2) is 29.1 Å². The normalized spacial score (nSPS) is 10.8. The lowest BCUT2D eigenvalue weighted by Crippen LogP contribution is -2.17. The van der Waals surface area contributed by atoms with E-state index in [4.69, 9.17) is 12.2 Å². The topological polar surface area (TPSA) is 63.6 Å². The molecular formula is C14H6F4N4OS. The van der Waals surface area contributed by atoms with Crippen LogP contribution in [0.25, 0.3) is 11.4 Å². The predicted octanol–water partition coefficient (Wildman–Crippen LogP) is 3.25. The second-order valence-corrected chi connectivity index (χ2v) is 4.97. The standard InChI is InChI=1S/C14H6F4N4OS/c15-8-4-7(9(16)11(18)10(8)17)13(23)22-12(20-21-14(22)24)6-2-1-3-19-5-6/h1-5H,(H,21,24). The number of H-pyrrole nitrogens is 1. The van der Waals surface area contributed by atoms with E-state index >= 15 is 0 Å². The molecule has 0 saturated heterocycles. The van der Waals surface area contributed by atoms with Gasteiger partial charge in [-0.25, -0.2) is 22.1 Å². The maximum Gasteiger partial charge on any atom is 0.269 e. The molecule has 0 amide bonds. The SMILES string of the molecule is O=C(c1cc(F)c(F)c(F)c1F)n1c(-c2cccnc2)n[nH]c1=S. The minimum Gasteiger partial charge on any atom is -0.268 e. The van der Waals surface area contributed by atoms with Crippen molar-refractivity contribution in [1.82, 2.24) is 19.7 Å². The van der Waals surface area contributed by atoms with E-state index in [0.717, 1.165) is 4.57 Å². The molecule has 0 bridgehead atoms. The first-order valence-corrected chi connectivity index (χ1v) is 6.78. The number of nitrogens with one attached hydrogen (secondary N) is 1. The maximum atomic E-state index is 13.9. The second-order valence-electron chi connectivity index (χ2n) is 4.58. The van der Waals surface area contributed by atoms with Gasteiger partial charge in [0.25, 0.3) is 5.91 Å². The van der Waals surface area contributed by atoms with Gasteiger partial charge in [0, 0.05) is 18.0 Å². The Morgan fingerprint density at radius 2 is 1.92 bits per heavy atom. The van der Waals surface area contributed by atoms with Gasteiger partial charge in [0.1, 0.15) is 0 Å². The Hall–Kier alpha value is -2.88. The van der Waals surface area contributed by atoms with Gasteiger partial charge in [-0.3, -0.25) is 14.9 Å². The summed E-state index contributed by atoms with van der Waals surface area (Å²) in [4.78, 5) is 16.3. The summed E-state index contributed by atoms with van der Waals surface area (Å²) in [5.74, 6) is -8.86. The molecule has 2 aromatic heterocycles. The van der Waals surface area contributed by atoms with Gasteiger partial charge in [-0.2, -0.15) is 5.10 Å². The third-order valence-corrected chi connectivity index (χ3v) is 3.40. The van der Waals surface area contributed by atoms with Crippen LogP contribution in [-0.4, -0.2) is 25.7 Å². The van der Waals surface area contributed by atoms with Crippen molar-refractivity contribution in [1.29, 1.82) is 0 Å². The molecule has 0 saturated carbocycles. The van der Waals surface area contributed by atoms with E-state index in [1.165, 1.54) is 12.4 Å². The summed E-state index contributed by atoms with van der Waals surface area (Å²) >= 11 is 4.90. The molecule has 0 aliphatic carbocycles. The van der Waals surface area contributed by atoms with Gasteiger partial charge in [-0.15, -0.1) is 0 Å². The van der Waals surface area contributed by atoms with Crippen LogP contribution in [0, 0.1) is 28.0 Å². The van der Waals surface area contributed by atoms with Crippen LogP contribution in [0.3, 0.4) is 0 Å². The van der Waals surface area contributed by atoms with Crippen molar-refractivity contribution < 1.29 is 22.4 Å². The number of aromatic amines is 1.